The molecule has 1 aliphatic heterocycles. The van der Waals surface area contributed by atoms with Crippen LogP contribution >= 0.6 is 0 Å². The monoisotopic (exact) mass is 467 g/mol. The topological polar surface area (TPSA) is 82.4 Å². The van der Waals surface area contributed by atoms with E-state index in [2.05, 4.69) is 11.4 Å². The first-order valence-electron chi connectivity index (χ1n) is 11.9. The van der Waals surface area contributed by atoms with Crippen LogP contribution in [0.5, 0.6) is 5.75 Å². The zero-order chi connectivity index (χ0) is 24.5. The van der Waals surface area contributed by atoms with Gasteiger partial charge in [0, 0.05) is 24.3 Å². The van der Waals surface area contributed by atoms with Crippen LogP contribution < -0.4 is 10.1 Å². The van der Waals surface area contributed by atoms with Gasteiger partial charge in [0.15, 0.2) is 0 Å². The van der Waals surface area contributed by atoms with Gasteiger partial charge in [-0.05, 0) is 42.2 Å². The number of ether oxygens (including phenoxy) is 1. The second kappa shape index (κ2) is 11.8. The second-order valence-electron chi connectivity index (χ2n) is 8.76. The van der Waals surface area contributed by atoms with Crippen LogP contribution in [0.4, 0.5) is 5.69 Å². The Kier molecular flexibility index (Phi) is 8.13. The van der Waals surface area contributed by atoms with Crippen molar-refractivity contribution in [2.45, 2.75) is 32.3 Å². The Labute approximate surface area is 206 Å². The van der Waals surface area contributed by atoms with Crippen molar-refractivity contribution in [3.05, 3.63) is 95.6 Å². The largest absolute Gasteiger partial charge is 0.489 e. The van der Waals surface area contributed by atoms with Gasteiger partial charge in [-0.3, -0.25) is 9.59 Å². The van der Waals surface area contributed by atoms with Crippen LogP contribution in [0.25, 0.3) is 0 Å². The number of anilines is 1. The third-order valence-corrected chi connectivity index (χ3v) is 6.22. The molecule has 4 rings (SSSR count). The Morgan fingerprint density at radius 1 is 0.971 bits per heavy atom. The first kappa shape index (κ1) is 24.0. The van der Waals surface area contributed by atoms with Gasteiger partial charge < -0.3 is 15.0 Å². The highest BCUT2D eigenvalue weighted by Crippen LogP contribution is 2.23. The van der Waals surface area contributed by atoms with Crippen molar-refractivity contribution in [2.75, 3.05) is 18.4 Å². The number of nitrogens with one attached hydrogen (secondary N) is 1. The summed E-state index contributed by atoms with van der Waals surface area (Å²) < 4.78 is 5.91. The number of carbonyl (C=O) groups is 2. The van der Waals surface area contributed by atoms with E-state index in [4.69, 9.17) is 10.00 Å². The van der Waals surface area contributed by atoms with Gasteiger partial charge in [-0.15, -0.1) is 0 Å². The van der Waals surface area contributed by atoms with Crippen molar-refractivity contribution in [3.8, 4) is 11.8 Å². The van der Waals surface area contributed by atoms with E-state index in [1.165, 1.54) is 0 Å². The average Bonchev–Trinajstić information content (AvgIpc) is 2.90. The Morgan fingerprint density at radius 2 is 1.71 bits per heavy atom. The molecule has 0 aromatic heterocycles. The Morgan fingerprint density at radius 3 is 2.49 bits per heavy atom. The number of carbonyl (C=O) groups excluding carboxylic acids is 2. The standard InChI is InChI=1S/C29H29N3O3/c30-17-16-22-12-14-26(15-13-22)35-21-25-9-4-5-11-27(25)31-29(34)24-10-6-18-32(20-24)28(33)19-23-7-2-1-3-8-23/h1-5,7-9,11-15,24H,6,10,16,18-21H2,(H,31,34). The Balaban J connectivity index is 1.34. The highest BCUT2D eigenvalue weighted by Gasteiger charge is 2.28. The summed E-state index contributed by atoms with van der Waals surface area (Å²) in [6, 6.07) is 26.9. The van der Waals surface area contributed by atoms with Gasteiger partial charge >= 0.3 is 0 Å². The van der Waals surface area contributed by atoms with Crippen LogP contribution in [0, 0.1) is 17.2 Å². The fourth-order valence-electron chi connectivity index (χ4n) is 4.26. The zero-order valence-corrected chi connectivity index (χ0v) is 19.7. The lowest BCUT2D eigenvalue weighted by molar-refractivity contribution is -0.133. The normalized spacial score (nSPS) is 15.2. The third-order valence-electron chi connectivity index (χ3n) is 6.22. The van der Waals surface area contributed by atoms with Crippen molar-refractivity contribution in [1.82, 2.24) is 4.90 Å². The van der Waals surface area contributed by atoms with Gasteiger partial charge in [0.1, 0.15) is 12.4 Å². The Hall–Kier alpha value is -4.11. The van der Waals surface area contributed by atoms with Crippen molar-refractivity contribution in [2.24, 2.45) is 5.92 Å². The minimum Gasteiger partial charge on any atom is -0.489 e. The van der Waals surface area contributed by atoms with Gasteiger partial charge in [-0.1, -0.05) is 60.7 Å². The molecule has 1 unspecified atom stereocenters. The molecule has 3 aromatic carbocycles. The van der Waals surface area contributed by atoms with Crippen molar-refractivity contribution in [3.63, 3.8) is 0 Å². The number of amides is 2. The first-order valence-corrected chi connectivity index (χ1v) is 11.9. The molecule has 6 nitrogen and oxygen atoms in total. The molecule has 1 atom stereocenters. The van der Waals surface area contributed by atoms with Crippen molar-refractivity contribution < 1.29 is 14.3 Å². The van der Waals surface area contributed by atoms with Gasteiger partial charge in [-0.25, -0.2) is 0 Å². The molecule has 0 saturated carbocycles. The maximum atomic E-state index is 13.1. The van der Waals surface area contributed by atoms with E-state index >= 15 is 0 Å². The summed E-state index contributed by atoms with van der Waals surface area (Å²) in [6.45, 7) is 1.43. The van der Waals surface area contributed by atoms with Crippen LogP contribution in [0.2, 0.25) is 0 Å². The van der Waals surface area contributed by atoms with Crippen LogP contribution in [-0.2, 0) is 29.0 Å². The molecule has 0 aliphatic carbocycles. The number of hydrogen-bond acceptors (Lipinski definition) is 4. The maximum Gasteiger partial charge on any atom is 0.229 e. The number of nitriles is 1. The van der Waals surface area contributed by atoms with E-state index < -0.39 is 0 Å². The number of likely N-dealkylation sites (tertiary alicyclic amines) is 1. The molecular weight excluding hydrogens is 438 g/mol. The fraction of sp³-hybridized carbons (Fsp3) is 0.276. The molecule has 6 heteroatoms. The van der Waals surface area contributed by atoms with Gasteiger partial charge in [0.05, 0.1) is 24.8 Å². The SMILES string of the molecule is N#CCc1ccc(OCc2ccccc2NC(=O)C2CCCN(C(=O)Cc3ccccc3)C2)cc1. The van der Waals surface area contributed by atoms with E-state index in [9.17, 15) is 9.59 Å². The molecule has 0 radical (unpaired) electrons. The van der Waals surface area contributed by atoms with E-state index in [1.807, 2.05) is 83.8 Å². The van der Waals surface area contributed by atoms with Crippen molar-refractivity contribution in [1.29, 1.82) is 5.26 Å². The molecule has 1 aliphatic rings. The smallest absolute Gasteiger partial charge is 0.229 e. The van der Waals surface area contributed by atoms with Crippen LogP contribution in [0.3, 0.4) is 0 Å². The number of hydrogen-bond donors (Lipinski definition) is 1. The molecule has 178 valence electrons. The highest BCUT2D eigenvalue weighted by molar-refractivity contribution is 5.94. The van der Waals surface area contributed by atoms with Crippen LogP contribution in [-0.4, -0.2) is 29.8 Å². The first-order chi connectivity index (χ1) is 17.1. The minimum atomic E-state index is -0.245. The molecule has 0 bridgehead atoms. The highest BCUT2D eigenvalue weighted by atomic mass is 16.5. The molecular formula is C29H29N3O3. The summed E-state index contributed by atoms with van der Waals surface area (Å²) in [7, 11) is 0. The predicted octanol–water partition coefficient (Wildman–Crippen LogP) is 4.75. The van der Waals surface area contributed by atoms with Crippen LogP contribution in [0.15, 0.2) is 78.9 Å². The molecule has 1 heterocycles. The number of nitrogens with zero attached hydrogens (tertiary/aromatic N) is 2. The van der Waals surface area contributed by atoms with Gasteiger partial charge in [0.2, 0.25) is 11.8 Å². The lowest BCUT2D eigenvalue weighted by atomic mass is 9.96. The number of piperidine rings is 1. The maximum absolute atomic E-state index is 13.1. The lowest BCUT2D eigenvalue weighted by Crippen LogP contribution is -2.44. The molecule has 1 fully saturated rings. The Bertz CT molecular complexity index is 1190. The van der Waals surface area contributed by atoms with Crippen LogP contribution in [0.1, 0.15) is 29.5 Å². The number of benzene rings is 3. The summed E-state index contributed by atoms with van der Waals surface area (Å²) in [5.74, 6) is 0.441. The summed E-state index contributed by atoms with van der Waals surface area (Å²) in [4.78, 5) is 27.7. The van der Waals surface area contributed by atoms with Crippen molar-refractivity contribution >= 4 is 17.5 Å². The average molecular weight is 468 g/mol. The predicted molar refractivity (Wildman–Crippen MR) is 135 cm³/mol. The van der Waals surface area contributed by atoms with E-state index in [-0.39, 0.29) is 17.7 Å². The summed E-state index contributed by atoms with van der Waals surface area (Å²) in [5.41, 5.74) is 3.51. The molecule has 1 saturated heterocycles. The summed E-state index contributed by atoms with van der Waals surface area (Å²) >= 11 is 0. The van der Waals surface area contributed by atoms with Gasteiger partial charge in [-0.2, -0.15) is 5.26 Å². The fourth-order valence-corrected chi connectivity index (χ4v) is 4.26. The van der Waals surface area contributed by atoms with Gasteiger partial charge in [0.25, 0.3) is 0 Å². The lowest BCUT2D eigenvalue weighted by Gasteiger charge is -2.32. The van der Waals surface area contributed by atoms with E-state index in [0.29, 0.717) is 44.0 Å². The molecule has 3 aromatic rings. The second-order valence-corrected chi connectivity index (χ2v) is 8.76. The number of rotatable bonds is 8. The molecule has 35 heavy (non-hydrogen) atoms. The van der Waals surface area contributed by atoms with E-state index in [0.717, 1.165) is 29.5 Å². The van der Waals surface area contributed by atoms with E-state index in [1.54, 1.807) is 0 Å². The minimum absolute atomic E-state index is 0.0586. The summed E-state index contributed by atoms with van der Waals surface area (Å²) in [6.07, 6.45) is 2.29. The number of para-hydroxylation sites is 1. The zero-order valence-electron chi connectivity index (χ0n) is 19.7. The summed E-state index contributed by atoms with van der Waals surface area (Å²) in [5, 5.41) is 11.9. The third kappa shape index (κ3) is 6.70. The quantitative estimate of drug-likeness (QED) is 0.518. The molecule has 2 amide bonds. The molecule has 0 spiro atoms. The molecule has 1 N–H and O–H groups in total.